The van der Waals surface area contributed by atoms with Crippen molar-refractivity contribution in [2.45, 2.75) is 20.0 Å². The molecule has 0 bridgehead atoms. The Kier molecular flexibility index (Phi) is 3.98. The average Bonchev–Trinajstić information content (AvgIpc) is 2.69. The van der Waals surface area contributed by atoms with Crippen LogP contribution in [0.4, 0.5) is 5.95 Å². The lowest BCUT2D eigenvalue weighted by Crippen LogP contribution is -2.19. The molecule has 0 amide bonds. The van der Waals surface area contributed by atoms with E-state index >= 15 is 0 Å². The number of nitrogens with one attached hydrogen (secondary N) is 1. The first-order chi connectivity index (χ1) is 8.63. The monoisotopic (exact) mass is 267 g/mol. The number of aryl methyl sites for hydroxylation is 1. The Labute approximate surface area is 110 Å². The van der Waals surface area contributed by atoms with Gasteiger partial charge in [-0.15, -0.1) is 11.3 Å². The number of fused-ring (bicyclic) bond motifs is 1. The van der Waals surface area contributed by atoms with E-state index in [4.69, 9.17) is 9.47 Å². The number of thiophene rings is 1. The highest BCUT2D eigenvalue weighted by molar-refractivity contribution is 7.18. The van der Waals surface area contributed by atoms with Gasteiger partial charge < -0.3 is 14.8 Å². The molecule has 2 heterocycles. The standard InChI is InChI=1S/C12H17N3O2S/c1-7(6-16-4)17-10-9-5-8(2)18-11(9)15-12(13-3)14-10/h5,7H,6H2,1-4H3,(H,13,14,15). The van der Waals surface area contributed by atoms with Gasteiger partial charge in [-0.2, -0.15) is 4.98 Å². The zero-order chi connectivity index (χ0) is 13.1. The number of methoxy groups -OCH3 is 1. The van der Waals surface area contributed by atoms with Gasteiger partial charge in [0.15, 0.2) is 0 Å². The fraction of sp³-hybridized carbons (Fsp3) is 0.500. The molecule has 98 valence electrons. The average molecular weight is 267 g/mol. The topological polar surface area (TPSA) is 56.3 Å². The lowest BCUT2D eigenvalue weighted by Gasteiger charge is -2.14. The van der Waals surface area contributed by atoms with Crippen molar-refractivity contribution in [1.82, 2.24) is 9.97 Å². The summed E-state index contributed by atoms with van der Waals surface area (Å²) in [7, 11) is 3.45. The van der Waals surface area contributed by atoms with Gasteiger partial charge in [0.25, 0.3) is 0 Å². The molecule has 0 aliphatic rings. The van der Waals surface area contributed by atoms with Crippen molar-refractivity contribution >= 4 is 27.5 Å². The second-order valence-electron chi connectivity index (χ2n) is 4.06. The number of hydrogen-bond acceptors (Lipinski definition) is 6. The van der Waals surface area contributed by atoms with Crippen LogP contribution in [0.3, 0.4) is 0 Å². The maximum Gasteiger partial charge on any atom is 0.227 e. The Bertz CT molecular complexity index is 541. The molecule has 1 unspecified atom stereocenters. The van der Waals surface area contributed by atoms with Gasteiger partial charge >= 0.3 is 0 Å². The van der Waals surface area contributed by atoms with Crippen LogP contribution in [-0.4, -0.2) is 36.8 Å². The Morgan fingerprint density at radius 1 is 1.44 bits per heavy atom. The van der Waals surface area contributed by atoms with Gasteiger partial charge in [-0.25, -0.2) is 4.98 Å². The van der Waals surface area contributed by atoms with Gasteiger partial charge in [0, 0.05) is 19.0 Å². The maximum atomic E-state index is 5.81. The number of hydrogen-bond donors (Lipinski definition) is 1. The highest BCUT2D eigenvalue weighted by atomic mass is 32.1. The molecule has 0 radical (unpaired) electrons. The summed E-state index contributed by atoms with van der Waals surface area (Å²) in [6, 6.07) is 2.05. The molecule has 0 fully saturated rings. The quantitative estimate of drug-likeness (QED) is 0.901. The summed E-state index contributed by atoms with van der Waals surface area (Å²) < 4.78 is 10.9. The predicted octanol–water partition coefficient (Wildman–Crippen LogP) is 2.46. The van der Waals surface area contributed by atoms with Crippen LogP contribution in [0.15, 0.2) is 6.07 Å². The second kappa shape index (κ2) is 5.49. The summed E-state index contributed by atoms with van der Waals surface area (Å²) in [5.74, 6) is 1.18. The molecule has 0 saturated heterocycles. The maximum absolute atomic E-state index is 5.81. The molecule has 0 aromatic carbocycles. The first-order valence-corrected chi connectivity index (χ1v) is 6.57. The second-order valence-corrected chi connectivity index (χ2v) is 5.30. The molecule has 2 aromatic rings. The molecule has 2 rings (SSSR count). The minimum absolute atomic E-state index is 0.0435. The Morgan fingerprint density at radius 2 is 2.22 bits per heavy atom. The first-order valence-electron chi connectivity index (χ1n) is 5.75. The van der Waals surface area contributed by atoms with Gasteiger partial charge in [-0.1, -0.05) is 0 Å². The number of anilines is 1. The van der Waals surface area contributed by atoms with Crippen molar-refractivity contribution in [2.24, 2.45) is 0 Å². The number of ether oxygens (including phenoxy) is 2. The molecule has 0 aliphatic carbocycles. The summed E-state index contributed by atoms with van der Waals surface area (Å²) in [6.07, 6.45) is -0.0435. The van der Waals surface area contributed by atoms with Gasteiger partial charge in [0.1, 0.15) is 10.9 Å². The van der Waals surface area contributed by atoms with Crippen molar-refractivity contribution in [2.75, 3.05) is 26.1 Å². The fourth-order valence-corrected chi connectivity index (χ4v) is 2.55. The Hall–Kier alpha value is -1.40. The van der Waals surface area contributed by atoms with Crippen LogP contribution < -0.4 is 10.1 Å². The minimum atomic E-state index is -0.0435. The minimum Gasteiger partial charge on any atom is -0.472 e. The molecule has 6 heteroatoms. The van der Waals surface area contributed by atoms with Gasteiger partial charge in [0.05, 0.1) is 12.0 Å². The van der Waals surface area contributed by atoms with E-state index in [0.29, 0.717) is 18.4 Å². The van der Waals surface area contributed by atoms with Crippen LogP contribution >= 0.6 is 11.3 Å². The third-order valence-electron chi connectivity index (χ3n) is 2.42. The van der Waals surface area contributed by atoms with Crippen molar-refractivity contribution in [3.63, 3.8) is 0 Å². The van der Waals surface area contributed by atoms with E-state index in [1.54, 1.807) is 25.5 Å². The van der Waals surface area contributed by atoms with E-state index in [1.807, 2.05) is 19.9 Å². The van der Waals surface area contributed by atoms with E-state index in [0.717, 1.165) is 10.2 Å². The van der Waals surface area contributed by atoms with Crippen LogP contribution in [0.1, 0.15) is 11.8 Å². The lowest BCUT2D eigenvalue weighted by atomic mass is 10.3. The SMILES string of the molecule is CNc1nc(OC(C)COC)c2cc(C)sc2n1. The highest BCUT2D eigenvalue weighted by Gasteiger charge is 2.13. The molecular weight excluding hydrogens is 250 g/mol. The first kappa shape index (κ1) is 13.0. The van der Waals surface area contributed by atoms with Crippen LogP contribution in [-0.2, 0) is 4.74 Å². The molecule has 18 heavy (non-hydrogen) atoms. The molecule has 0 aliphatic heterocycles. The molecule has 2 aromatic heterocycles. The van der Waals surface area contributed by atoms with Crippen LogP contribution in [0, 0.1) is 6.92 Å². The van der Waals surface area contributed by atoms with E-state index in [1.165, 1.54) is 4.88 Å². The van der Waals surface area contributed by atoms with Crippen molar-refractivity contribution in [3.05, 3.63) is 10.9 Å². The Balaban J connectivity index is 2.40. The summed E-state index contributed by atoms with van der Waals surface area (Å²) in [5, 5.41) is 3.91. The van der Waals surface area contributed by atoms with Crippen LogP contribution in [0.25, 0.3) is 10.2 Å². The normalized spacial score (nSPS) is 12.7. The molecule has 0 saturated carbocycles. The van der Waals surface area contributed by atoms with Crippen LogP contribution in [0.2, 0.25) is 0 Å². The molecule has 1 atom stereocenters. The van der Waals surface area contributed by atoms with Crippen molar-refractivity contribution < 1.29 is 9.47 Å². The van der Waals surface area contributed by atoms with E-state index in [9.17, 15) is 0 Å². The van der Waals surface area contributed by atoms with Gasteiger partial charge in [-0.3, -0.25) is 0 Å². The number of aromatic nitrogens is 2. The molecule has 0 spiro atoms. The molecular formula is C12H17N3O2S. The fourth-order valence-electron chi connectivity index (χ4n) is 1.68. The zero-order valence-electron chi connectivity index (χ0n) is 11.0. The summed E-state index contributed by atoms with van der Waals surface area (Å²) in [5.41, 5.74) is 0. The third-order valence-corrected chi connectivity index (χ3v) is 3.36. The highest BCUT2D eigenvalue weighted by Crippen LogP contribution is 2.31. The number of rotatable bonds is 5. The van der Waals surface area contributed by atoms with E-state index in [-0.39, 0.29) is 6.10 Å². The number of nitrogens with zero attached hydrogens (tertiary/aromatic N) is 2. The van der Waals surface area contributed by atoms with Gasteiger partial charge in [0.2, 0.25) is 11.8 Å². The third kappa shape index (κ3) is 2.70. The lowest BCUT2D eigenvalue weighted by molar-refractivity contribution is 0.0902. The largest absolute Gasteiger partial charge is 0.472 e. The molecule has 5 nitrogen and oxygen atoms in total. The van der Waals surface area contributed by atoms with Gasteiger partial charge in [-0.05, 0) is 19.9 Å². The van der Waals surface area contributed by atoms with Crippen molar-refractivity contribution in [3.8, 4) is 5.88 Å². The zero-order valence-corrected chi connectivity index (χ0v) is 11.8. The molecule has 1 N–H and O–H groups in total. The Morgan fingerprint density at radius 3 is 2.89 bits per heavy atom. The predicted molar refractivity (Wildman–Crippen MR) is 73.7 cm³/mol. The van der Waals surface area contributed by atoms with Crippen LogP contribution in [0.5, 0.6) is 5.88 Å². The van der Waals surface area contributed by atoms with E-state index in [2.05, 4.69) is 15.3 Å². The van der Waals surface area contributed by atoms with E-state index < -0.39 is 0 Å². The smallest absolute Gasteiger partial charge is 0.227 e. The summed E-state index contributed by atoms with van der Waals surface area (Å²) in [4.78, 5) is 10.9. The summed E-state index contributed by atoms with van der Waals surface area (Å²) >= 11 is 1.63. The summed E-state index contributed by atoms with van der Waals surface area (Å²) in [6.45, 7) is 4.53. The van der Waals surface area contributed by atoms with Crippen molar-refractivity contribution in [1.29, 1.82) is 0 Å².